The van der Waals surface area contributed by atoms with Gasteiger partial charge in [0.2, 0.25) is 5.79 Å². The lowest BCUT2D eigenvalue weighted by molar-refractivity contribution is -0.185. The molecule has 4 heteroatoms. The summed E-state index contributed by atoms with van der Waals surface area (Å²) >= 11 is 0. The van der Waals surface area contributed by atoms with E-state index in [-0.39, 0.29) is 0 Å². The van der Waals surface area contributed by atoms with Crippen LogP contribution in [0.2, 0.25) is 0 Å². The summed E-state index contributed by atoms with van der Waals surface area (Å²) in [5, 5.41) is 25.7. The van der Waals surface area contributed by atoms with Crippen LogP contribution in [0.1, 0.15) is 11.1 Å². The van der Waals surface area contributed by atoms with Crippen molar-refractivity contribution in [1.82, 2.24) is 0 Å². The largest absolute Gasteiger partial charge is 0.449 e. The average molecular weight is 372 g/mol. The minimum Gasteiger partial charge on any atom is -0.449 e. The van der Waals surface area contributed by atoms with Crippen LogP contribution >= 0.6 is 0 Å². The number of carbonyl (C=O) groups excluding carboxylic acids is 1. The van der Waals surface area contributed by atoms with Gasteiger partial charge in [-0.05, 0) is 45.3 Å². The first-order chi connectivity index (χ1) is 13.4. The molecule has 4 rings (SSSR count). The van der Waals surface area contributed by atoms with Crippen LogP contribution in [-0.4, -0.2) is 28.1 Å². The zero-order chi connectivity index (χ0) is 19.9. The molecule has 2 N–H and O–H groups in total. The smallest absolute Gasteiger partial charge is 0.330 e. The molecule has 0 aliphatic heterocycles. The van der Waals surface area contributed by atoms with Crippen LogP contribution in [0.5, 0.6) is 0 Å². The summed E-state index contributed by atoms with van der Waals surface area (Å²) in [4.78, 5) is 11.8. The van der Waals surface area contributed by atoms with E-state index in [1.807, 2.05) is 67.6 Å². The van der Waals surface area contributed by atoms with Crippen molar-refractivity contribution in [3.05, 3.63) is 94.9 Å². The van der Waals surface area contributed by atoms with Crippen LogP contribution in [0.15, 0.2) is 73.3 Å². The lowest BCUT2D eigenvalue weighted by atomic mass is 9.82. The van der Waals surface area contributed by atoms with E-state index in [1.165, 1.54) is 0 Å². The maximum Gasteiger partial charge on any atom is 0.330 e. The predicted molar refractivity (Wildman–Crippen MR) is 109 cm³/mol. The van der Waals surface area contributed by atoms with E-state index in [4.69, 9.17) is 4.74 Å². The van der Waals surface area contributed by atoms with Gasteiger partial charge < -0.3 is 14.9 Å². The number of benzene rings is 3. The molecule has 0 amide bonds. The molecule has 0 radical (unpaired) electrons. The topological polar surface area (TPSA) is 66.8 Å². The van der Waals surface area contributed by atoms with Crippen molar-refractivity contribution in [2.75, 3.05) is 0 Å². The van der Waals surface area contributed by atoms with Crippen molar-refractivity contribution < 1.29 is 19.7 Å². The zero-order valence-corrected chi connectivity index (χ0v) is 15.4. The van der Waals surface area contributed by atoms with E-state index >= 15 is 0 Å². The molecule has 0 heterocycles. The van der Waals surface area contributed by atoms with Crippen molar-refractivity contribution in [2.45, 2.75) is 18.8 Å². The van der Waals surface area contributed by atoms with E-state index in [9.17, 15) is 15.0 Å². The number of fused-ring (bicyclic) bond motifs is 2. The molecule has 1 aliphatic carbocycles. The van der Waals surface area contributed by atoms with Crippen molar-refractivity contribution >= 4 is 28.4 Å². The standard InChI is InChI=1S/C24H20O4/c1-3-21(25)28-20-14-17-9-5-7-11-19(17)23(24(20,26)27)22-15(2)12-13-16-8-4-6-10-18(16)22/h3-14,20,26-27H,1H2,2H3/t20-/m1/s1. The Labute approximate surface area is 162 Å². The maximum atomic E-state index is 11.8. The van der Waals surface area contributed by atoms with Gasteiger partial charge in [-0.25, -0.2) is 4.79 Å². The van der Waals surface area contributed by atoms with E-state index in [0.717, 1.165) is 33.2 Å². The van der Waals surface area contributed by atoms with Gasteiger partial charge in [-0.1, -0.05) is 67.2 Å². The Morgan fingerprint density at radius 3 is 2.57 bits per heavy atom. The second-order valence-corrected chi connectivity index (χ2v) is 6.90. The molecule has 1 aliphatic rings. The first-order valence-electron chi connectivity index (χ1n) is 9.01. The Kier molecular flexibility index (Phi) is 4.38. The van der Waals surface area contributed by atoms with Crippen LogP contribution in [0.3, 0.4) is 0 Å². The first kappa shape index (κ1) is 18.2. The number of esters is 1. The quantitative estimate of drug-likeness (QED) is 0.419. The number of aliphatic hydroxyl groups is 2. The molecule has 0 aromatic heterocycles. The van der Waals surface area contributed by atoms with E-state index < -0.39 is 17.9 Å². The fraction of sp³-hybridized carbons (Fsp3) is 0.125. The van der Waals surface area contributed by atoms with Gasteiger partial charge in [0, 0.05) is 11.6 Å². The monoisotopic (exact) mass is 372 g/mol. The Morgan fingerprint density at radius 2 is 1.79 bits per heavy atom. The van der Waals surface area contributed by atoms with Gasteiger partial charge in [0.25, 0.3) is 0 Å². The second kappa shape index (κ2) is 6.75. The van der Waals surface area contributed by atoms with Crippen molar-refractivity contribution in [2.24, 2.45) is 0 Å². The highest BCUT2D eigenvalue weighted by Gasteiger charge is 2.43. The third kappa shape index (κ3) is 2.83. The lowest BCUT2D eigenvalue weighted by Crippen LogP contribution is -2.53. The number of ether oxygens (including phenoxy) is 1. The average Bonchev–Trinajstić information content (AvgIpc) is 2.69. The Balaban J connectivity index is 2.11. The first-order valence-corrected chi connectivity index (χ1v) is 9.01. The summed E-state index contributed by atoms with van der Waals surface area (Å²) in [6, 6.07) is 19.1. The SMILES string of the molecule is C=CC(=O)O[C@@H]1C=c2ccccc2=C(c2c(C)ccc3ccccc23)C1(O)O. The number of aryl methyl sites for hydroxylation is 1. The van der Waals surface area contributed by atoms with Crippen molar-refractivity contribution in [3.8, 4) is 0 Å². The minimum absolute atomic E-state index is 0.321. The minimum atomic E-state index is -2.40. The lowest BCUT2D eigenvalue weighted by Gasteiger charge is -2.34. The van der Waals surface area contributed by atoms with Gasteiger partial charge in [0.15, 0.2) is 6.10 Å². The van der Waals surface area contributed by atoms with E-state index in [2.05, 4.69) is 6.58 Å². The number of rotatable bonds is 3. The molecule has 0 saturated heterocycles. The van der Waals surface area contributed by atoms with Gasteiger partial charge in [-0.15, -0.1) is 0 Å². The highest BCUT2D eigenvalue weighted by Crippen LogP contribution is 2.35. The third-order valence-electron chi connectivity index (χ3n) is 5.12. The Morgan fingerprint density at radius 1 is 1.07 bits per heavy atom. The highest BCUT2D eigenvalue weighted by molar-refractivity contribution is 5.97. The van der Waals surface area contributed by atoms with E-state index in [0.29, 0.717) is 10.8 Å². The van der Waals surface area contributed by atoms with E-state index in [1.54, 1.807) is 6.08 Å². The van der Waals surface area contributed by atoms with Gasteiger partial charge in [0.05, 0.1) is 0 Å². The molecule has 1 atom stereocenters. The van der Waals surface area contributed by atoms with Crippen molar-refractivity contribution in [1.29, 1.82) is 0 Å². The Hall–Kier alpha value is -3.21. The molecular formula is C24H20O4. The molecule has 0 unspecified atom stereocenters. The molecule has 4 nitrogen and oxygen atoms in total. The Bertz CT molecular complexity index is 1220. The number of hydrogen-bond acceptors (Lipinski definition) is 4. The summed E-state index contributed by atoms with van der Waals surface area (Å²) < 4.78 is 5.28. The molecule has 3 aromatic rings. The molecule has 0 spiro atoms. The summed E-state index contributed by atoms with van der Waals surface area (Å²) in [6.45, 7) is 5.32. The second-order valence-electron chi connectivity index (χ2n) is 6.90. The molecule has 0 fully saturated rings. The van der Waals surface area contributed by atoms with Crippen LogP contribution in [-0.2, 0) is 9.53 Å². The molecular weight excluding hydrogens is 352 g/mol. The molecule has 0 bridgehead atoms. The molecule has 28 heavy (non-hydrogen) atoms. The maximum absolute atomic E-state index is 11.8. The van der Waals surface area contributed by atoms with Gasteiger partial charge in [-0.3, -0.25) is 0 Å². The summed E-state index contributed by atoms with van der Waals surface area (Å²) in [5.41, 5.74) is 1.94. The van der Waals surface area contributed by atoms with Gasteiger partial charge in [-0.2, -0.15) is 0 Å². The van der Waals surface area contributed by atoms with Gasteiger partial charge >= 0.3 is 5.97 Å². The molecule has 140 valence electrons. The molecule has 3 aromatic carbocycles. The van der Waals surface area contributed by atoms with Crippen LogP contribution in [0, 0.1) is 6.92 Å². The number of hydrogen-bond donors (Lipinski definition) is 2. The fourth-order valence-corrected chi connectivity index (χ4v) is 3.81. The van der Waals surface area contributed by atoms with Gasteiger partial charge in [0.1, 0.15) is 0 Å². The summed E-state index contributed by atoms with van der Waals surface area (Å²) in [5.74, 6) is -3.12. The fourth-order valence-electron chi connectivity index (χ4n) is 3.81. The number of carbonyl (C=O) groups is 1. The van der Waals surface area contributed by atoms with Crippen LogP contribution in [0.4, 0.5) is 0 Å². The predicted octanol–water partition coefficient (Wildman–Crippen LogP) is 1.92. The summed E-state index contributed by atoms with van der Waals surface area (Å²) in [6.07, 6.45) is 1.30. The van der Waals surface area contributed by atoms with Crippen molar-refractivity contribution in [3.63, 3.8) is 0 Å². The van der Waals surface area contributed by atoms with Crippen LogP contribution in [0.25, 0.3) is 22.4 Å². The summed E-state index contributed by atoms with van der Waals surface area (Å²) in [7, 11) is 0. The normalized spacial score (nSPS) is 17.5. The zero-order valence-electron chi connectivity index (χ0n) is 15.4. The highest BCUT2D eigenvalue weighted by atomic mass is 16.6. The van der Waals surface area contributed by atoms with Crippen LogP contribution < -0.4 is 10.4 Å². The molecule has 0 saturated carbocycles. The third-order valence-corrected chi connectivity index (χ3v) is 5.12.